The Morgan fingerprint density at radius 2 is 1.84 bits per heavy atom. The van der Waals surface area contributed by atoms with Gasteiger partial charge in [-0.25, -0.2) is 4.98 Å². The molecule has 0 aliphatic carbocycles. The van der Waals surface area contributed by atoms with Gasteiger partial charge in [-0.3, -0.25) is 14.6 Å². The zero-order valence-electron chi connectivity index (χ0n) is 17.5. The van der Waals surface area contributed by atoms with Crippen LogP contribution in [0.1, 0.15) is 36.1 Å². The number of pyridine rings is 1. The molecule has 1 aromatic carbocycles. The molecule has 2 N–H and O–H groups in total. The molecule has 0 spiro atoms. The second-order valence-electron chi connectivity index (χ2n) is 8.85. The average Bonchev–Trinajstić information content (AvgIpc) is 3.12. The fourth-order valence-corrected chi connectivity index (χ4v) is 4.93. The number of aromatic nitrogens is 1. The molecule has 0 unspecified atom stereocenters. The van der Waals surface area contributed by atoms with Crippen LogP contribution in [0.25, 0.3) is 0 Å². The molecule has 160 valence electrons. The minimum Gasteiger partial charge on any atom is -0.383 e. The van der Waals surface area contributed by atoms with E-state index < -0.39 is 11.7 Å². The highest BCUT2D eigenvalue weighted by Crippen LogP contribution is 2.35. The highest BCUT2D eigenvalue weighted by molar-refractivity contribution is 5.97. The first-order valence-corrected chi connectivity index (χ1v) is 11.0. The van der Waals surface area contributed by atoms with Gasteiger partial charge < -0.3 is 10.2 Å². The number of rotatable bonds is 3. The minimum atomic E-state index is -0.978. The number of carbonyl (C=O) groups excluding carboxylic acids is 1. The van der Waals surface area contributed by atoms with Crippen LogP contribution in [0.2, 0.25) is 0 Å². The van der Waals surface area contributed by atoms with Gasteiger partial charge in [0.15, 0.2) is 0 Å². The van der Waals surface area contributed by atoms with Crippen LogP contribution < -0.4 is 4.90 Å². The molecule has 5 heterocycles. The summed E-state index contributed by atoms with van der Waals surface area (Å²) in [5, 5.41) is 21.0. The van der Waals surface area contributed by atoms with Crippen LogP contribution in [0.5, 0.6) is 0 Å². The average molecular weight is 418 g/mol. The van der Waals surface area contributed by atoms with Crippen molar-refractivity contribution >= 4 is 11.7 Å². The van der Waals surface area contributed by atoms with E-state index in [1.54, 1.807) is 6.07 Å². The first kappa shape index (κ1) is 20.2. The molecule has 1 amide bonds. The lowest BCUT2D eigenvalue weighted by atomic mass is 9.75. The van der Waals surface area contributed by atoms with E-state index >= 15 is 0 Å². The molecule has 6 nitrogen and oxygen atoms in total. The monoisotopic (exact) mass is 417 g/mol. The summed E-state index contributed by atoms with van der Waals surface area (Å²) in [5.74, 6) is 6.86. The third kappa shape index (κ3) is 3.97. The lowest BCUT2D eigenvalue weighted by Gasteiger charge is -2.47. The third-order valence-electron chi connectivity index (χ3n) is 6.77. The maximum absolute atomic E-state index is 12.3. The van der Waals surface area contributed by atoms with Gasteiger partial charge in [-0.05, 0) is 43.6 Å². The van der Waals surface area contributed by atoms with Crippen molar-refractivity contribution in [1.29, 1.82) is 0 Å². The van der Waals surface area contributed by atoms with E-state index in [1.165, 1.54) is 4.90 Å². The molecule has 0 radical (unpaired) electrons. The quantitative estimate of drug-likeness (QED) is 0.742. The Hall–Kier alpha value is -2.72. The minimum absolute atomic E-state index is 0.221. The van der Waals surface area contributed by atoms with E-state index in [4.69, 9.17) is 4.98 Å². The molecule has 4 saturated heterocycles. The normalized spacial score (nSPS) is 29.7. The Kier molecular flexibility index (Phi) is 5.27. The van der Waals surface area contributed by atoms with Gasteiger partial charge in [0.2, 0.25) is 0 Å². The summed E-state index contributed by atoms with van der Waals surface area (Å²) in [4.78, 5) is 20.9. The molecule has 0 saturated carbocycles. The molecule has 1 aromatic heterocycles. The molecular weight excluding hydrogens is 390 g/mol. The van der Waals surface area contributed by atoms with E-state index in [0.717, 1.165) is 42.8 Å². The van der Waals surface area contributed by atoms with Gasteiger partial charge in [0, 0.05) is 37.4 Å². The SMILES string of the molecule is O=C1[C@H](O)CCN1c1ccc(C#C[C@@]2(O)CN3CCC2CC3)c(Cc2ccccc2)n1. The molecule has 4 aliphatic rings. The molecule has 2 bridgehead atoms. The van der Waals surface area contributed by atoms with Crippen LogP contribution in [0.4, 0.5) is 5.82 Å². The summed E-state index contributed by atoms with van der Waals surface area (Å²) in [7, 11) is 0. The van der Waals surface area contributed by atoms with Crippen LogP contribution in [-0.2, 0) is 11.2 Å². The smallest absolute Gasteiger partial charge is 0.257 e. The number of carbonyl (C=O) groups is 1. The van der Waals surface area contributed by atoms with Crippen molar-refractivity contribution in [2.45, 2.75) is 37.4 Å². The van der Waals surface area contributed by atoms with E-state index in [2.05, 4.69) is 16.7 Å². The van der Waals surface area contributed by atoms with Crippen molar-refractivity contribution in [3.05, 3.63) is 59.3 Å². The van der Waals surface area contributed by atoms with Crippen LogP contribution in [0, 0.1) is 17.8 Å². The van der Waals surface area contributed by atoms with E-state index in [9.17, 15) is 15.0 Å². The van der Waals surface area contributed by atoms with Crippen molar-refractivity contribution in [2.24, 2.45) is 5.92 Å². The molecule has 6 heteroatoms. The fourth-order valence-electron chi connectivity index (χ4n) is 4.93. The van der Waals surface area contributed by atoms with Crippen LogP contribution in [-0.4, -0.2) is 63.9 Å². The van der Waals surface area contributed by atoms with Crippen LogP contribution >= 0.6 is 0 Å². The summed E-state index contributed by atoms with van der Waals surface area (Å²) in [6.07, 6.45) is 2.01. The van der Waals surface area contributed by atoms with Gasteiger partial charge in [-0.15, -0.1) is 0 Å². The van der Waals surface area contributed by atoms with Gasteiger partial charge in [0.05, 0.1) is 5.69 Å². The van der Waals surface area contributed by atoms with Crippen molar-refractivity contribution in [1.82, 2.24) is 9.88 Å². The van der Waals surface area contributed by atoms with Gasteiger partial charge in [0.1, 0.15) is 17.5 Å². The van der Waals surface area contributed by atoms with E-state index in [-0.39, 0.29) is 11.8 Å². The molecule has 31 heavy (non-hydrogen) atoms. The number of hydrogen-bond donors (Lipinski definition) is 2. The van der Waals surface area contributed by atoms with Gasteiger partial charge in [-0.1, -0.05) is 42.2 Å². The van der Waals surface area contributed by atoms with Crippen molar-refractivity contribution in [2.75, 3.05) is 31.1 Å². The standard InChI is InChI=1S/C25H27N3O3/c29-22-11-15-28(24(22)30)23-7-6-19(21(26-23)16-18-4-2-1-3-5-18)8-12-25(31)17-27-13-9-20(25)10-14-27/h1-7,20,22,29,31H,9-11,13-17H2/t22-,25-/m1/s1. The number of fused-ring (bicyclic) bond motifs is 3. The second kappa shape index (κ2) is 8.08. The maximum atomic E-state index is 12.3. The lowest BCUT2D eigenvalue weighted by Crippen LogP contribution is -2.58. The predicted molar refractivity (Wildman–Crippen MR) is 117 cm³/mol. The van der Waals surface area contributed by atoms with Gasteiger partial charge >= 0.3 is 0 Å². The zero-order chi connectivity index (χ0) is 21.4. The number of anilines is 1. The topological polar surface area (TPSA) is 76.9 Å². The Bertz CT molecular complexity index is 1040. The molecule has 2 atom stereocenters. The van der Waals surface area contributed by atoms with E-state index in [1.807, 2.05) is 36.4 Å². The largest absolute Gasteiger partial charge is 0.383 e. The molecule has 2 aromatic rings. The van der Waals surface area contributed by atoms with E-state index in [0.29, 0.717) is 31.7 Å². The molecular formula is C25H27N3O3. The Labute approximate surface area is 182 Å². The summed E-state index contributed by atoms with van der Waals surface area (Å²) in [5.41, 5.74) is 1.67. The fraction of sp³-hybridized carbons (Fsp3) is 0.440. The first-order chi connectivity index (χ1) is 15.0. The van der Waals surface area contributed by atoms with Gasteiger partial charge in [0.25, 0.3) is 5.91 Å². The summed E-state index contributed by atoms with van der Waals surface area (Å²) in [6.45, 7) is 3.14. The number of hydrogen-bond acceptors (Lipinski definition) is 5. The number of aliphatic hydroxyl groups excluding tert-OH is 1. The summed E-state index contributed by atoms with van der Waals surface area (Å²) in [6, 6.07) is 13.7. The van der Waals surface area contributed by atoms with Crippen molar-refractivity contribution in [3.63, 3.8) is 0 Å². The number of amides is 1. The van der Waals surface area contributed by atoms with Crippen molar-refractivity contribution in [3.8, 4) is 11.8 Å². The second-order valence-corrected chi connectivity index (χ2v) is 8.85. The molecule has 4 fully saturated rings. The van der Waals surface area contributed by atoms with Crippen molar-refractivity contribution < 1.29 is 15.0 Å². The highest BCUT2D eigenvalue weighted by atomic mass is 16.3. The Balaban J connectivity index is 1.49. The Morgan fingerprint density at radius 1 is 1.06 bits per heavy atom. The maximum Gasteiger partial charge on any atom is 0.257 e. The summed E-state index contributed by atoms with van der Waals surface area (Å²) < 4.78 is 0. The number of nitrogens with zero attached hydrogens (tertiary/aromatic N) is 3. The molecule has 6 rings (SSSR count). The predicted octanol–water partition coefficient (Wildman–Crippen LogP) is 1.58. The van der Waals surface area contributed by atoms with Gasteiger partial charge in [-0.2, -0.15) is 0 Å². The lowest BCUT2D eigenvalue weighted by molar-refractivity contribution is -0.124. The zero-order valence-corrected chi connectivity index (χ0v) is 17.5. The Morgan fingerprint density at radius 3 is 2.48 bits per heavy atom. The van der Waals surface area contributed by atoms with Crippen LogP contribution in [0.15, 0.2) is 42.5 Å². The third-order valence-corrected chi connectivity index (χ3v) is 6.77. The highest BCUT2D eigenvalue weighted by Gasteiger charge is 2.44. The first-order valence-electron chi connectivity index (χ1n) is 11.0. The number of aliphatic hydroxyl groups is 2. The molecule has 4 aliphatic heterocycles. The number of benzene rings is 1. The van der Waals surface area contributed by atoms with Crippen LogP contribution in [0.3, 0.4) is 0 Å². The summed E-state index contributed by atoms with van der Waals surface area (Å²) >= 11 is 0. The number of piperidine rings is 3.